The maximum absolute atomic E-state index is 12.8. The molecule has 0 bridgehead atoms. The molecule has 0 saturated carbocycles. The van der Waals surface area contributed by atoms with E-state index in [0.29, 0.717) is 27.5 Å². The minimum atomic E-state index is -1.05. The number of hydrogen-bond donors (Lipinski definition) is 1. The molecule has 1 amide bonds. The van der Waals surface area contributed by atoms with E-state index in [-0.39, 0.29) is 17.1 Å². The van der Waals surface area contributed by atoms with Gasteiger partial charge in [-0.3, -0.25) is 14.4 Å². The molecule has 2 aromatic carbocycles. The Bertz CT molecular complexity index is 1310. The van der Waals surface area contributed by atoms with Gasteiger partial charge in [-0.25, -0.2) is 4.98 Å². The molecule has 0 aliphatic rings. The first-order valence-electron chi connectivity index (χ1n) is 9.57. The smallest absolute Gasteiger partial charge is 0.326 e. The number of para-hydroxylation sites is 2. The fraction of sp³-hybridized carbons (Fsp3) is 0.130. The number of nitrogens with one attached hydrogen (secondary N) is 1. The summed E-state index contributed by atoms with van der Waals surface area (Å²) < 4.78 is 7.06. The summed E-state index contributed by atoms with van der Waals surface area (Å²) in [5.74, 6) is -1.14. The highest BCUT2D eigenvalue weighted by Gasteiger charge is 2.20. The van der Waals surface area contributed by atoms with Crippen molar-refractivity contribution in [2.45, 2.75) is 19.6 Å². The van der Waals surface area contributed by atoms with Gasteiger partial charge in [0.25, 0.3) is 5.91 Å². The average Bonchev–Trinajstić information content (AvgIpc) is 2.78. The van der Waals surface area contributed by atoms with Gasteiger partial charge in [-0.2, -0.15) is 0 Å². The Morgan fingerprint density at radius 1 is 1.03 bits per heavy atom. The van der Waals surface area contributed by atoms with E-state index in [1.54, 1.807) is 65.2 Å². The third kappa shape index (κ3) is 4.13. The van der Waals surface area contributed by atoms with Crippen molar-refractivity contribution in [2.24, 2.45) is 0 Å². The van der Waals surface area contributed by atoms with Gasteiger partial charge >= 0.3 is 5.97 Å². The number of rotatable bonds is 5. The summed E-state index contributed by atoms with van der Waals surface area (Å²) in [6.45, 7) is 1.31. The van der Waals surface area contributed by atoms with Gasteiger partial charge in [0, 0.05) is 17.0 Å². The zero-order valence-corrected chi connectivity index (χ0v) is 17.3. The van der Waals surface area contributed by atoms with Crippen LogP contribution >= 0.6 is 11.6 Å². The number of carbonyl (C=O) groups is 2. The van der Waals surface area contributed by atoms with Crippen molar-refractivity contribution in [2.75, 3.05) is 5.32 Å². The Balaban J connectivity index is 1.58. The van der Waals surface area contributed by atoms with E-state index in [1.807, 2.05) is 0 Å². The number of benzene rings is 2. The lowest BCUT2D eigenvalue weighted by molar-refractivity contribution is -0.153. The van der Waals surface area contributed by atoms with Crippen LogP contribution in [-0.4, -0.2) is 27.5 Å². The SMILES string of the molecule is C[C@H](OC(=O)Cn1c2ccccc2c(=O)c2ccccc21)C(=O)Nc1cccnc1Cl. The molecule has 0 spiro atoms. The molecule has 0 saturated heterocycles. The lowest BCUT2D eigenvalue weighted by Gasteiger charge is -2.17. The molecule has 0 radical (unpaired) electrons. The maximum atomic E-state index is 12.8. The third-order valence-electron chi connectivity index (χ3n) is 4.86. The highest BCUT2D eigenvalue weighted by Crippen LogP contribution is 2.20. The number of ether oxygens (including phenoxy) is 1. The quantitative estimate of drug-likeness (QED) is 0.293. The minimum absolute atomic E-state index is 0.100. The second-order valence-electron chi connectivity index (χ2n) is 6.91. The van der Waals surface area contributed by atoms with Crippen LogP contribution in [0, 0.1) is 0 Å². The van der Waals surface area contributed by atoms with Gasteiger partial charge in [-0.15, -0.1) is 0 Å². The lowest BCUT2D eigenvalue weighted by atomic mass is 10.1. The zero-order chi connectivity index (χ0) is 22.0. The largest absolute Gasteiger partial charge is 0.451 e. The lowest BCUT2D eigenvalue weighted by Crippen LogP contribution is -2.31. The van der Waals surface area contributed by atoms with Crippen molar-refractivity contribution in [1.82, 2.24) is 9.55 Å². The Morgan fingerprint density at radius 2 is 1.65 bits per heavy atom. The molecule has 1 atom stereocenters. The molecular weight excluding hydrogens is 418 g/mol. The molecule has 0 aliphatic carbocycles. The highest BCUT2D eigenvalue weighted by molar-refractivity contribution is 6.32. The van der Waals surface area contributed by atoms with Crippen LogP contribution < -0.4 is 10.7 Å². The topological polar surface area (TPSA) is 90.3 Å². The molecule has 4 rings (SSSR count). The predicted octanol–water partition coefficient (Wildman–Crippen LogP) is 3.77. The van der Waals surface area contributed by atoms with E-state index in [9.17, 15) is 14.4 Å². The number of amides is 1. The van der Waals surface area contributed by atoms with E-state index < -0.39 is 18.0 Å². The summed E-state index contributed by atoms with van der Waals surface area (Å²) in [6.07, 6.45) is 0.446. The molecule has 7 nitrogen and oxygen atoms in total. The van der Waals surface area contributed by atoms with Crippen molar-refractivity contribution >= 4 is 51.0 Å². The van der Waals surface area contributed by atoms with E-state index >= 15 is 0 Å². The number of halogens is 1. The van der Waals surface area contributed by atoms with Crippen molar-refractivity contribution in [3.05, 3.63) is 82.2 Å². The molecular formula is C23H18ClN3O4. The summed E-state index contributed by atoms with van der Waals surface area (Å²) >= 11 is 5.95. The van der Waals surface area contributed by atoms with E-state index in [4.69, 9.17) is 16.3 Å². The van der Waals surface area contributed by atoms with Crippen LogP contribution in [-0.2, 0) is 20.9 Å². The van der Waals surface area contributed by atoms with Crippen LogP contribution in [0.5, 0.6) is 0 Å². The second-order valence-corrected chi connectivity index (χ2v) is 7.27. The van der Waals surface area contributed by atoms with Gasteiger partial charge in [0.15, 0.2) is 16.7 Å². The Morgan fingerprint density at radius 3 is 2.26 bits per heavy atom. The molecule has 1 N–H and O–H groups in total. The van der Waals surface area contributed by atoms with Crippen molar-refractivity contribution in [3.8, 4) is 0 Å². The van der Waals surface area contributed by atoms with Gasteiger partial charge in [0.2, 0.25) is 0 Å². The van der Waals surface area contributed by atoms with Gasteiger partial charge in [0.05, 0.1) is 16.7 Å². The highest BCUT2D eigenvalue weighted by atomic mass is 35.5. The van der Waals surface area contributed by atoms with Gasteiger partial charge in [-0.1, -0.05) is 35.9 Å². The van der Waals surface area contributed by atoms with Gasteiger partial charge in [0.1, 0.15) is 6.54 Å². The van der Waals surface area contributed by atoms with E-state index in [2.05, 4.69) is 10.3 Å². The van der Waals surface area contributed by atoms with Crippen molar-refractivity contribution in [3.63, 3.8) is 0 Å². The summed E-state index contributed by atoms with van der Waals surface area (Å²) in [7, 11) is 0. The predicted molar refractivity (Wildman–Crippen MR) is 119 cm³/mol. The van der Waals surface area contributed by atoms with E-state index in [1.165, 1.54) is 13.1 Å². The number of aromatic nitrogens is 2. The van der Waals surface area contributed by atoms with Gasteiger partial charge in [-0.05, 0) is 43.3 Å². The van der Waals surface area contributed by atoms with Crippen LogP contribution in [0.1, 0.15) is 6.92 Å². The summed E-state index contributed by atoms with van der Waals surface area (Å²) in [4.78, 5) is 41.8. The zero-order valence-electron chi connectivity index (χ0n) is 16.5. The summed E-state index contributed by atoms with van der Waals surface area (Å²) in [5.41, 5.74) is 1.45. The average molecular weight is 436 g/mol. The van der Waals surface area contributed by atoms with Gasteiger partial charge < -0.3 is 14.6 Å². The molecule has 156 valence electrons. The number of hydrogen-bond acceptors (Lipinski definition) is 5. The fourth-order valence-electron chi connectivity index (χ4n) is 3.38. The summed E-state index contributed by atoms with van der Waals surface area (Å²) in [5, 5.41) is 3.74. The number of anilines is 1. The Kier molecular flexibility index (Phi) is 5.68. The second kappa shape index (κ2) is 8.57. The molecule has 0 unspecified atom stereocenters. The molecule has 8 heteroatoms. The first kappa shape index (κ1) is 20.6. The monoisotopic (exact) mass is 435 g/mol. The molecule has 31 heavy (non-hydrogen) atoms. The van der Waals surface area contributed by atoms with Crippen molar-refractivity contribution in [1.29, 1.82) is 0 Å². The molecule has 4 aromatic rings. The number of pyridine rings is 2. The molecule has 0 fully saturated rings. The molecule has 2 aromatic heterocycles. The maximum Gasteiger partial charge on any atom is 0.326 e. The first-order chi connectivity index (χ1) is 15.0. The number of fused-ring (bicyclic) bond motifs is 2. The third-order valence-corrected chi connectivity index (χ3v) is 5.16. The minimum Gasteiger partial charge on any atom is -0.451 e. The number of carbonyl (C=O) groups excluding carboxylic acids is 2. The molecule has 2 heterocycles. The van der Waals surface area contributed by atoms with E-state index in [0.717, 1.165) is 0 Å². The fourth-order valence-corrected chi connectivity index (χ4v) is 3.54. The van der Waals surface area contributed by atoms with Crippen LogP contribution in [0.2, 0.25) is 5.15 Å². The Hall–Kier alpha value is -3.71. The number of nitrogens with zero attached hydrogens (tertiary/aromatic N) is 2. The van der Waals surface area contributed by atoms with Crippen LogP contribution in [0.25, 0.3) is 21.8 Å². The number of esters is 1. The van der Waals surface area contributed by atoms with Crippen molar-refractivity contribution < 1.29 is 14.3 Å². The van der Waals surface area contributed by atoms with Crippen LogP contribution in [0.4, 0.5) is 5.69 Å². The molecule has 0 aliphatic heterocycles. The van der Waals surface area contributed by atoms with Crippen LogP contribution in [0.3, 0.4) is 0 Å². The summed E-state index contributed by atoms with van der Waals surface area (Å²) in [6, 6.07) is 17.4. The van der Waals surface area contributed by atoms with Crippen LogP contribution in [0.15, 0.2) is 71.7 Å². The Labute approximate surface area is 182 Å². The normalized spacial score (nSPS) is 11.9. The first-order valence-corrected chi connectivity index (χ1v) is 9.94. The standard InChI is InChI=1S/C23H18ClN3O4/c1-14(23(30)26-17-9-6-12-25-22(17)24)31-20(28)13-27-18-10-4-2-7-15(18)21(29)16-8-3-5-11-19(16)27/h2-12,14H,13H2,1H3,(H,26,30)/t14-/m0/s1.